The molecule has 0 atom stereocenters. The van der Waals surface area contributed by atoms with Crippen molar-refractivity contribution in [2.45, 2.75) is 26.6 Å². The van der Waals surface area contributed by atoms with E-state index in [0.29, 0.717) is 25.4 Å². The molecule has 0 fully saturated rings. The maximum Gasteiger partial charge on any atom is 0.290 e. The second-order valence-electron chi connectivity index (χ2n) is 5.99. The normalized spacial score (nSPS) is 13.3. The predicted octanol–water partition coefficient (Wildman–Crippen LogP) is 3.13. The number of halogens is 1. The van der Waals surface area contributed by atoms with Crippen molar-refractivity contribution in [1.29, 1.82) is 0 Å². The van der Waals surface area contributed by atoms with Crippen LogP contribution in [0.3, 0.4) is 0 Å². The maximum atomic E-state index is 13.0. The maximum absolute atomic E-state index is 13.0. The van der Waals surface area contributed by atoms with Gasteiger partial charge in [0, 0.05) is 17.7 Å². The third-order valence-corrected chi connectivity index (χ3v) is 4.33. The molecule has 4 rings (SSSR count). The van der Waals surface area contributed by atoms with Gasteiger partial charge in [-0.25, -0.2) is 4.39 Å². The van der Waals surface area contributed by atoms with Gasteiger partial charge in [0.15, 0.2) is 5.76 Å². The SMILES string of the molecule is Cc1ccoc1C(=O)N1Cc2cnn(Cc3ccc(F)cc3)c2C1. The number of aryl methyl sites for hydroxylation is 1. The Kier molecular flexibility index (Phi) is 3.45. The number of hydrogen-bond donors (Lipinski definition) is 0. The first-order valence-corrected chi connectivity index (χ1v) is 7.73. The lowest BCUT2D eigenvalue weighted by Gasteiger charge is -2.15. The van der Waals surface area contributed by atoms with Gasteiger partial charge in [-0.15, -0.1) is 0 Å². The van der Waals surface area contributed by atoms with Gasteiger partial charge in [0.2, 0.25) is 0 Å². The van der Waals surface area contributed by atoms with Crippen molar-refractivity contribution < 1.29 is 13.6 Å². The molecule has 2 aromatic heterocycles. The molecule has 122 valence electrons. The van der Waals surface area contributed by atoms with Crippen LogP contribution in [-0.2, 0) is 19.6 Å². The largest absolute Gasteiger partial charge is 0.459 e. The van der Waals surface area contributed by atoms with E-state index in [1.807, 2.05) is 11.6 Å². The molecule has 0 saturated heterocycles. The van der Waals surface area contributed by atoms with Crippen LogP contribution in [0.2, 0.25) is 0 Å². The molecule has 0 aliphatic carbocycles. The van der Waals surface area contributed by atoms with Gasteiger partial charge < -0.3 is 9.32 Å². The number of amides is 1. The standard InChI is InChI=1S/C18H16FN3O2/c1-12-6-7-24-17(12)18(23)21-10-14-8-20-22(16(14)11-21)9-13-2-4-15(19)5-3-13/h2-8H,9-11H2,1H3. The topological polar surface area (TPSA) is 51.3 Å². The van der Waals surface area contributed by atoms with Crippen LogP contribution in [0.5, 0.6) is 0 Å². The predicted molar refractivity (Wildman–Crippen MR) is 84.8 cm³/mol. The summed E-state index contributed by atoms with van der Waals surface area (Å²) < 4.78 is 20.2. The lowest BCUT2D eigenvalue weighted by molar-refractivity contribution is 0.0715. The summed E-state index contributed by atoms with van der Waals surface area (Å²) in [6, 6.07) is 8.15. The molecule has 1 aliphatic rings. The summed E-state index contributed by atoms with van der Waals surface area (Å²) in [5, 5.41) is 4.39. The third kappa shape index (κ3) is 2.50. The van der Waals surface area contributed by atoms with E-state index in [9.17, 15) is 9.18 Å². The Morgan fingerprint density at radius 2 is 2.04 bits per heavy atom. The highest BCUT2D eigenvalue weighted by Crippen LogP contribution is 2.25. The highest BCUT2D eigenvalue weighted by atomic mass is 19.1. The molecule has 0 unspecified atom stereocenters. The fraction of sp³-hybridized carbons (Fsp3) is 0.222. The van der Waals surface area contributed by atoms with Crippen LogP contribution >= 0.6 is 0 Å². The molecule has 3 heterocycles. The Balaban J connectivity index is 1.53. The summed E-state index contributed by atoms with van der Waals surface area (Å²) in [6.45, 7) is 3.43. The Labute approximate surface area is 138 Å². The van der Waals surface area contributed by atoms with E-state index in [1.54, 1.807) is 29.3 Å². The summed E-state index contributed by atoms with van der Waals surface area (Å²) in [5.41, 5.74) is 3.85. The van der Waals surface area contributed by atoms with Crippen molar-refractivity contribution in [2.24, 2.45) is 0 Å². The first kappa shape index (κ1) is 14.7. The molecular formula is C18H16FN3O2. The van der Waals surface area contributed by atoms with Gasteiger partial charge in [0.25, 0.3) is 5.91 Å². The molecule has 0 N–H and O–H groups in total. The molecule has 1 amide bonds. The van der Waals surface area contributed by atoms with E-state index >= 15 is 0 Å². The average molecular weight is 325 g/mol. The fourth-order valence-corrected chi connectivity index (χ4v) is 2.98. The first-order valence-electron chi connectivity index (χ1n) is 7.73. The van der Waals surface area contributed by atoms with Gasteiger partial charge in [0.1, 0.15) is 5.82 Å². The van der Waals surface area contributed by atoms with Gasteiger partial charge in [-0.05, 0) is 30.7 Å². The van der Waals surface area contributed by atoms with E-state index in [2.05, 4.69) is 5.10 Å². The molecule has 1 aliphatic heterocycles. The highest BCUT2D eigenvalue weighted by molar-refractivity contribution is 5.93. The van der Waals surface area contributed by atoms with Gasteiger partial charge in [-0.2, -0.15) is 5.10 Å². The minimum absolute atomic E-state index is 0.109. The average Bonchev–Trinajstić information content (AvgIpc) is 3.26. The molecule has 0 radical (unpaired) electrons. The molecule has 1 aromatic carbocycles. The van der Waals surface area contributed by atoms with Crippen molar-refractivity contribution >= 4 is 5.91 Å². The third-order valence-electron chi connectivity index (χ3n) is 4.33. The minimum atomic E-state index is -0.255. The first-order chi connectivity index (χ1) is 11.6. The van der Waals surface area contributed by atoms with E-state index in [-0.39, 0.29) is 11.7 Å². The van der Waals surface area contributed by atoms with Crippen LogP contribution in [0.1, 0.15) is 32.9 Å². The summed E-state index contributed by atoms with van der Waals surface area (Å²) in [7, 11) is 0. The van der Waals surface area contributed by atoms with Crippen LogP contribution in [0.25, 0.3) is 0 Å². The molecule has 6 heteroatoms. The number of fused-ring (bicyclic) bond motifs is 1. The van der Waals surface area contributed by atoms with Crippen molar-refractivity contribution in [3.8, 4) is 0 Å². The lowest BCUT2D eigenvalue weighted by Crippen LogP contribution is -2.26. The number of furan rings is 1. The Hall–Kier alpha value is -2.89. The Bertz CT molecular complexity index is 895. The molecule has 24 heavy (non-hydrogen) atoms. The monoisotopic (exact) mass is 325 g/mol. The number of hydrogen-bond acceptors (Lipinski definition) is 3. The minimum Gasteiger partial charge on any atom is -0.459 e. The second-order valence-corrected chi connectivity index (χ2v) is 5.99. The molecular weight excluding hydrogens is 309 g/mol. The van der Waals surface area contributed by atoms with Crippen LogP contribution < -0.4 is 0 Å². The van der Waals surface area contributed by atoms with Crippen molar-refractivity contribution in [3.63, 3.8) is 0 Å². The molecule has 5 nitrogen and oxygen atoms in total. The molecule has 0 saturated carbocycles. The van der Waals surface area contributed by atoms with E-state index in [4.69, 9.17) is 4.42 Å². The number of rotatable bonds is 3. The highest BCUT2D eigenvalue weighted by Gasteiger charge is 2.29. The fourth-order valence-electron chi connectivity index (χ4n) is 2.98. The molecule has 0 spiro atoms. The number of benzene rings is 1. The smallest absolute Gasteiger partial charge is 0.290 e. The zero-order valence-electron chi connectivity index (χ0n) is 13.2. The van der Waals surface area contributed by atoms with Crippen LogP contribution in [-0.4, -0.2) is 20.6 Å². The van der Waals surface area contributed by atoms with Gasteiger partial charge in [0.05, 0.1) is 31.2 Å². The van der Waals surface area contributed by atoms with Crippen LogP contribution in [0, 0.1) is 12.7 Å². The number of carbonyl (C=O) groups excluding carboxylic acids is 1. The summed E-state index contributed by atoms with van der Waals surface area (Å²) >= 11 is 0. The number of nitrogens with zero attached hydrogens (tertiary/aromatic N) is 3. The Morgan fingerprint density at radius 3 is 2.75 bits per heavy atom. The zero-order chi connectivity index (χ0) is 16.7. The van der Waals surface area contributed by atoms with E-state index in [0.717, 1.165) is 22.4 Å². The van der Waals surface area contributed by atoms with Crippen molar-refractivity contribution in [2.75, 3.05) is 0 Å². The van der Waals surface area contributed by atoms with Gasteiger partial charge in [-0.3, -0.25) is 9.48 Å². The van der Waals surface area contributed by atoms with Crippen molar-refractivity contribution in [1.82, 2.24) is 14.7 Å². The van der Waals surface area contributed by atoms with E-state index in [1.165, 1.54) is 18.4 Å². The lowest BCUT2D eigenvalue weighted by atomic mass is 10.2. The summed E-state index contributed by atoms with van der Waals surface area (Å²) in [5.74, 6) is 0.0234. The zero-order valence-corrected chi connectivity index (χ0v) is 13.2. The van der Waals surface area contributed by atoms with Crippen LogP contribution in [0.4, 0.5) is 4.39 Å². The molecule has 0 bridgehead atoms. The van der Waals surface area contributed by atoms with Gasteiger partial charge in [-0.1, -0.05) is 12.1 Å². The number of aromatic nitrogens is 2. The molecule has 3 aromatic rings. The van der Waals surface area contributed by atoms with Crippen LogP contribution in [0.15, 0.2) is 47.2 Å². The van der Waals surface area contributed by atoms with Gasteiger partial charge >= 0.3 is 0 Å². The summed E-state index contributed by atoms with van der Waals surface area (Å²) in [6.07, 6.45) is 3.32. The quantitative estimate of drug-likeness (QED) is 0.743. The van der Waals surface area contributed by atoms with Crippen molar-refractivity contribution in [3.05, 3.63) is 76.8 Å². The van der Waals surface area contributed by atoms with E-state index < -0.39 is 0 Å². The summed E-state index contributed by atoms with van der Waals surface area (Å²) in [4.78, 5) is 14.3. The second kappa shape index (κ2) is 5.63. The number of carbonyl (C=O) groups is 1. The Morgan fingerprint density at radius 1 is 1.25 bits per heavy atom.